The maximum atomic E-state index is 11.5. The minimum Gasteiger partial charge on any atom is -0.480 e. The van der Waals surface area contributed by atoms with Crippen molar-refractivity contribution in [1.29, 1.82) is 0 Å². The van der Waals surface area contributed by atoms with Crippen molar-refractivity contribution in [1.82, 2.24) is 5.32 Å². The lowest BCUT2D eigenvalue weighted by Crippen LogP contribution is -2.46. The maximum absolute atomic E-state index is 11.5. The quantitative estimate of drug-likeness (QED) is 0.796. The van der Waals surface area contributed by atoms with Crippen LogP contribution < -0.4 is 5.32 Å². The smallest absolute Gasteiger partial charge is 0.408 e. The van der Waals surface area contributed by atoms with Gasteiger partial charge in [-0.2, -0.15) is 0 Å². The molecule has 0 saturated carbocycles. The molecule has 7 heteroatoms. The van der Waals surface area contributed by atoms with Gasteiger partial charge in [-0.15, -0.1) is 0 Å². The van der Waals surface area contributed by atoms with Crippen LogP contribution in [0.1, 0.15) is 40.0 Å². The molecular weight excluding hydrogens is 266 g/mol. The van der Waals surface area contributed by atoms with E-state index in [2.05, 4.69) is 5.32 Å². The average molecular weight is 289 g/mol. The van der Waals surface area contributed by atoms with Gasteiger partial charge in [0.1, 0.15) is 5.60 Å². The van der Waals surface area contributed by atoms with Gasteiger partial charge in [0.15, 0.2) is 12.3 Å². The van der Waals surface area contributed by atoms with Crippen molar-refractivity contribution in [2.24, 2.45) is 0 Å². The highest BCUT2D eigenvalue weighted by Gasteiger charge is 2.26. The molecule has 1 aliphatic heterocycles. The van der Waals surface area contributed by atoms with Crippen LogP contribution in [0, 0.1) is 0 Å². The average Bonchev–Trinajstić information content (AvgIpc) is 2.33. The maximum Gasteiger partial charge on any atom is 0.408 e. The number of nitrogens with one attached hydrogen (secondary N) is 1. The van der Waals surface area contributed by atoms with Gasteiger partial charge in [0.05, 0.1) is 6.61 Å². The van der Waals surface area contributed by atoms with Gasteiger partial charge in [-0.3, -0.25) is 0 Å². The number of rotatable bonds is 5. The number of alkyl carbamates (subject to hydrolysis) is 1. The number of carbonyl (C=O) groups excluding carboxylic acids is 1. The summed E-state index contributed by atoms with van der Waals surface area (Å²) in [5.41, 5.74) is -0.680. The standard InChI is InChI=1S/C13H23NO6/c1-13(2,3)20-12(17)14-9(11(15)16)8-19-10-6-4-5-7-18-10/h9-10H,4-8H2,1-3H3,(H,14,17)(H,15,16)/t9-,10?/m0/s1. The van der Waals surface area contributed by atoms with Crippen molar-refractivity contribution in [2.75, 3.05) is 13.2 Å². The number of ether oxygens (including phenoxy) is 3. The second-order valence-electron chi connectivity index (χ2n) is 5.67. The molecule has 0 bridgehead atoms. The van der Waals surface area contributed by atoms with E-state index in [1.165, 1.54) is 0 Å². The molecule has 1 aliphatic rings. The third-order valence-electron chi connectivity index (χ3n) is 2.58. The first kappa shape index (κ1) is 16.7. The van der Waals surface area contributed by atoms with Crippen LogP contribution in [-0.2, 0) is 19.0 Å². The van der Waals surface area contributed by atoms with Crippen molar-refractivity contribution < 1.29 is 28.9 Å². The molecule has 0 aromatic heterocycles. The zero-order valence-corrected chi connectivity index (χ0v) is 12.2. The van der Waals surface area contributed by atoms with Gasteiger partial charge in [-0.05, 0) is 40.0 Å². The van der Waals surface area contributed by atoms with Crippen LogP contribution in [0.5, 0.6) is 0 Å². The van der Waals surface area contributed by atoms with Gasteiger partial charge in [-0.25, -0.2) is 9.59 Å². The second-order valence-corrected chi connectivity index (χ2v) is 5.67. The Bertz CT molecular complexity index is 332. The van der Waals surface area contributed by atoms with E-state index in [0.717, 1.165) is 19.3 Å². The van der Waals surface area contributed by atoms with Gasteiger partial charge in [-0.1, -0.05) is 0 Å². The number of carbonyl (C=O) groups is 2. The normalized spacial score (nSPS) is 21.1. The van der Waals surface area contributed by atoms with Crippen LogP contribution >= 0.6 is 0 Å². The summed E-state index contributed by atoms with van der Waals surface area (Å²) in [5, 5.41) is 11.3. The number of amides is 1. The van der Waals surface area contributed by atoms with Crippen molar-refractivity contribution in [3.8, 4) is 0 Å². The van der Waals surface area contributed by atoms with Crippen LogP contribution in [0.25, 0.3) is 0 Å². The Balaban J connectivity index is 2.39. The van der Waals surface area contributed by atoms with E-state index in [0.29, 0.717) is 6.61 Å². The molecule has 2 N–H and O–H groups in total. The summed E-state index contributed by atoms with van der Waals surface area (Å²) in [6.07, 6.45) is 1.53. The molecule has 0 aromatic carbocycles. The number of carboxylic acids is 1. The highest BCUT2D eigenvalue weighted by atomic mass is 16.7. The first-order valence-electron chi connectivity index (χ1n) is 6.73. The van der Waals surface area contributed by atoms with Gasteiger partial charge in [0.25, 0.3) is 0 Å². The molecule has 1 heterocycles. The van der Waals surface area contributed by atoms with Crippen molar-refractivity contribution in [3.05, 3.63) is 0 Å². The lowest BCUT2D eigenvalue weighted by Gasteiger charge is -2.25. The molecule has 2 atom stereocenters. The van der Waals surface area contributed by atoms with Crippen molar-refractivity contribution >= 4 is 12.1 Å². The van der Waals surface area contributed by atoms with E-state index in [-0.39, 0.29) is 6.61 Å². The van der Waals surface area contributed by atoms with E-state index in [4.69, 9.17) is 19.3 Å². The topological polar surface area (TPSA) is 94.1 Å². The zero-order valence-electron chi connectivity index (χ0n) is 12.2. The summed E-state index contributed by atoms with van der Waals surface area (Å²) in [5.74, 6) is -1.17. The summed E-state index contributed by atoms with van der Waals surface area (Å²) in [6, 6.07) is -1.16. The minimum atomic E-state index is -1.17. The predicted octanol–water partition coefficient (Wildman–Crippen LogP) is 1.51. The van der Waals surface area contributed by atoms with Gasteiger partial charge in [0, 0.05) is 6.61 Å². The summed E-state index contributed by atoms with van der Waals surface area (Å²) >= 11 is 0. The molecule has 7 nitrogen and oxygen atoms in total. The van der Waals surface area contributed by atoms with Crippen LogP contribution in [-0.4, -0.2) is 48.3 Å². The van der Waals surface area contributed by atoms with Crippen LogP contribution in [0.4, 0.5) is 4.79 Å². The SMILES string of the molecule is CC(C)(C)OC(=O)N[C@@H](COC1CCCCO1)C(=O)O. The first-order chi connectivity index (χ1) is 9.28. The van der Waals surface area contributed by atoms with E-state index in [1.54, 1.807) is 20.8 Å². The molecule has 1 amide bonds. The van der Waals surface area contributed by atoms with E-state index in [1.807, 2.05) is 0 Å². The van der Waals surface area contributed by atoms with E-state index >= 15 is 0 Å². The number of hydrogen-bond donors (Lipinski definition) is 2. The zero-order chi connectivity index (χ0) is 15.2. The molecule has 20 heavy (non-hydrogen) atoms. The van der Waals surface area contributed by atoms with Crippen LogP contribution in [0.3, 0.4) is 0 Å². The minimum absolute atomic E-state index is 0.154. The molecule has 1 fully saturated rings. The molecular formula is C13H23NO6. The molecule has 116 valence electrons. The lowest BCUT2D eigenvalue weighted by atomic mass is 10.2. The molecule has 1 unspecified atom stereocenters. The molecule has 1 rings (SSSR count). The first-order valence-corrected chi connectivity index (χ1v) is 6.73. The predicted molar refractivity (Wildman–Crippen MR) is 70.3 cm³/mol. The van der Waals surface area contributed by atoms with Gasteiger partial charge in [0.2, 0.25) is 0 Å². The molecule has 1 saturated heterocycles. The highest BCUT2D eigenvalue weighted by Crippen LogP contribution is 2.14. The van der Waals surface area contributed by atoms with Crippen LogP contribution in [0.15, 0.2) is 0 Å². The van der Waals surface area contributed by atoms with Gasteiger partial charge < -0.3 is 24.6 Å². The Morgan fingerprint density at radius 2 is 2.10 bits per heavy atom. The Morgan fingerprint density at radius 1 is 1.40 bits per heavy atom. The fourth-order valence-electron chi connectivity index (χ4n) is 1.67. The van der Waals surface area contributed by atoms with Gasteiger partial charge >= 0.3 is 12.1 Å². The van der Waals surface area contributed by atoms with E-state index in [9.17, 15) is 9.59 Å². The summed E-state index contributed by atoms with van der Waals surface area (Å²) in [6.45, 7) is 5.57. The monoisotopic (exact) mass is 289 g/mol. The Morgan fingerprint density at radius 3 is 2.60 bits per heavy atom. The number of hydrogen-bond acceptors (Lipinski definition) is 5. The fraction of sp³-hybridized carbons (Fsp3) is 0.846. The van der Waals surface area contributed by atoms with Crippen molar-refractivity contribution in [3.63, 3.8) is 0 Å². The molecule has 0 aromatic rings. The Kier molecular flexibility index (Phi) is 6.22. The molecule has 0 aliphatic carbocycles. The highest BCUT2D eigenvalue weighted by molar-refractivity contribution is 5.80. The van der Waals surface area contributed by atoms with Crippen LogP contribution in [0.2, 0.25) is 0 Å². The van der Waals surface area contributed by atoms with E-state index < -0.39 is 30.0 Å². The molecule has 0 radical (unpaired) electrons. The fourth-order valence-corrected chi connectivity index (χ4v) is 1.67. The van der Waals surface area contributed by atoms with Crippen molar-refractivity contribution in [2.45, 2.75) is 58.0 Å². The summed E-state index contributed by atoms with van der Waals surface area (Å²) in [7, 11) is 0. The third-order valence-corrected chi connectivity index (χ3v) is 2.58. The lowest BCUT2D eigenvalue weighted by molar-refractivity contribution is -0.171. The summed E-state index contributed by atoms with van der Waals surface area (Å²) in [4.78, 5) is 22.6. The Labute approximate surface area is 118 Å². The Hall–Kier alpha value is -1.34. The summed E-state index contributed by atoms with van der Waals surface area (Å²) < 4.78 is 15.7. The molecule has 0 spiro atoms. The largest absolute Gasteiger partial charge is 0.480 e. The number of carboxylic acid groups (broad SMARTS) is 1. The second kappa shape index (κ2) is 7.44. The number of aliphatic carboxylic acids is 1. The third kappa shape index (κ3) is 6.72.